The Hall–Kier alpha value is -3.35. The second-order valence-electron chi connectivity index (χ2n) is 9.74. The van der Waals surface area contributed by atoms with Gasteiger partial charge in [0.05, 0.1) is 6.54 Å². The van der Waals surface area contributed by atoms with Crippen LogP contribution in [0.5, 0.6) is 0 Å². The summed E-state index contributed by atoms with van der Waals surface area (Å²) in [6.45, 7) is 9.45. The lowest BCUT2D eigenvalue weighted by Gasteiger charge is -2.30. The van der Waals surface area contributed by atoms with E-state index in [9.17, 15) is 14.4 Å². The average molecular weight is 451 g/mol. The minimum absolute atomic E-state index is 0.0598. The summed E-state index contributed by atoms with van der Waals surface area (Å²) < 4.78 is 0. The second kappa shape index (κ2) is 10.5. The molecule has 3 rings (SSSR count). The Kier molecular flexibility index (Phi) is 7.74. The normalized spacial score (nSPS) is 14.5. The molecule has 0 atom stereocenters. The van der Waals surface area contributed by atoms with Gasteiger partial charge in [0, 0.05) is 41.1 Å². The van der Waals surface area contributed by atoms with Crippen LogP contribution in [0.15, 0.2) is 48.5 Å². The third-order valence-electron chi connectivity index (χ3n) is 5.74. The molecular weight excluding hydrogens is 416 g/mol. The molecule has 2 aromatic rings. The summed E-state index contributed by atoms with van der Waals surface area (Å²) in [7, 11) is 0. The van der Waals surface area contributed by atoms with Crippen LogP contribution in [-0.2, 0) is 9.59 Å². The van der Waals surface area contributed by atoms with Crippen molar-refractivity contribution in [2.24, 2.45) is 11.3 Å². The fourth-order valence-corrected chi connectivity index (χ4v) is 3.51. The van der Waals surface area contributed by atoms with Crippen molar-refractivity contribution in [3.63, 3.8) is 0 Å². The first-order valence-electron chi connectivity index (χ1n) is 11.5. The number of nitrogens with one attached hydrogen (secondary N) is 3. The molecule has 0 aromatic heterocycles. The molecule has 176 valence electrons. The summed E-state index contributed by atoms with van der Waals surface area (Å²) in [5.74, 6) is 0.433. The lowest BCUT2D eigenvalue weighted by Crippen LogP contribution is -2.37. The van der Waals surface area contributed by atoms with Crippen LogP contribution in [0.2, 0.25) is 0 Å². The highest BCUT2D eigenvalue weighted by atomic mass is 16.2. The summed E-state index contributed by atoms with van der Waals surface area (Å²) in [6.07, 6.45) is 2.10. The third-order valence-corrected chi connectivity index (χ3v) is 5.74. The fourth-order valence-electron chi connectivity index (χ4n) is 3.51. The van der Waals surface area contributed by atoms with Gasteiger partial charge in [-0.2, -0.15) is 0 Å². The highest BCUT2D eigenvalue weighted by Gasteiger charge is 2.22. The van der Waals surface area contributed by atoms with Crippen molar-refractivity contribution in [3.05, 3.63) is 54.1 Å². The lowest BCUT2D eigenvalue weighted by molar-refractivity contribution is -0.123. The van der Waals surface area contributed by atoms with Gasteiger partial charge in [-0.15, -0.1) is 0 Å². The van der Waals surface area contributed by atoms with Gasteiger partial charge in [0.15, 0.2) is 0 Å². The number of benzene rings is 2. The van der Waals surface area contributed by atoms with Crippen molar-refractivity contribution in [2.75, 3.05) is 35.6 Å². The van der Waals surface area contributed by atoms with Gasteiger partial charge in [0.25, 0.3) is 5.91 Å². The first-order chi connectivity index (χ1) is 15.6. The molecule has 0 unspecified atom stereocenters. The van der Waals surface area contributed by atoms with Crippen LogP contribution < -0.4 is 16.0 Å². The molecule has 0 bridgehead atoms. The highest BCUT2D eigenvalue weighted by molar-refractivity contribution is 5.97. The van der Waals surface area contributed by atoms with E-state index in [0.29, 0.717) is 22.9 Å². The second-order valence-corrected chi connectivity index (χ2v) is 9.74. The maximum Gasteiger partial charge on any atom is 0.253 e. The Morgan fingerprint density at radius 1 is 0.909 bits per heavy atom. The molecule has 1 heterocycles. The van der Waals surface area contributed by atoms with Crippen LogP contribution in [0.25, 0.3) is 0 Å². The van der Waals surface area contributed by atoms with E-state index < -0.39 is 5.41 Å². The molecule has 0 radical (unpaired) electrons. The van der Waals surface area contributed by atoms with Crippen molar-refractivity contribution in [3.8, 4) is 0 Å². The van der Waals surface area contributed by atoms with Crippen molar-refractivity contribution >= 4 is 34.8 Å². The Bertz CT molecular complexity index is 987. The summed E-state index contributed by atoms with van der Waals surface area (Å²) in [6, 6.07) is 14.3. The summed E-state index contributed by atoms with van der Waals surface area (Å²) in [5, 5.41) is 8.76. The molecular formula is C26H34N4O3. The van der Waals surface area contributed by atoms with Crippen LogP contribution in [0.3, 0.4) is 0 Å². The van der Waals surface area contributed by atoms with E-state index in [1.54, 1.807) is 36.4 Å². The molecule has 3 N–H and O–H groups in total. The fraction of sp³-hybridized carbons (Fsp3) is 0.423. The quantitative estimate of drug-likeness (QED) is 0.600. The Morgan fingerprint density at radius 3 is 2.12 bits per heavy atom. The van der Waals surface area contributed by atoms with E-state index >= 15 is 0 Å². The highest BCUT2D eigenvalue weighted by Crippen LogP contribution is 2.21. The van der Waals surface area contributed by atoms with Gasteiger partial charge < -0.3 is 20.9 Å². The van der Waals surface area contributed by atoms with E-state index in [1.165, 1.54) is 0 Å². The molecule has 2 aromatic carbocycles. The lowest BCUT2D eigenvalue weighted by atomic mass is 9.95. The number of hydrogen-bond acceptors (Lipinski definition) is 4. The van der Waals surface area contributed by atoms with E-state index in [-0.39, 0.29) is 24.3 Å². The van der Waals surface area contributed by atoms with Gasteiger partial charge in [-0.1, -0.05) is 33.8 Å². The van der Waals surface area contributed by atoms with Crippen LogP contribution in [-0.4, -0.2) is 42.3 Å². The zero-order valence-corrected chi connectivity index (χ0v) is 19.9. The predicted molar refractivity (Wildman–Crippen MR) is 132 cm³/mol. The molecule has 1 aliphatic heterocycles. The Balaban J connectivity index is 1.49. The van der Waals surface area contributed by atoms with Crippen LogP contribution in [0.1, 0.15) is 50.9 Å². The number of anilines is 3. The van der Waals surface area contributed by atoms with Crippen LogP contribution in [0.4, 0.5) is 17.1 Å². The van der Waals surface area contributed by atoms with E-state index in [1.807, 2.05) is 37.8 Å². The van der Waals surface area contributed by atoms with Gasteiger partial charge in [-0.05, 0) is 61.2 Å². The number of carbonyl (C=O) groups is 3. The molecule has 1 fully saturated rings. The molecule has 0 saturated carbocycles. The number of rotatable bonds is 6. The summed E-state index contributed by atoms with van der Waals surface area (Å²) in [4.78, 5) is 39.1. The SMILES string of the molecule is CC1CCN(C(=O)c2ccc(NCC(=O)Nc3cccc(NC(=O)C(C)(C)C)c3)cc2)CC1. The zero-order chi connectivity index (χ0) is 24.0. The minimum atomic E-state index is -0.504. The van der Waals surface area contributed by atoms with Gasteiger partial charge in [-0.25, -0.2) is 0 Å². The van der Waals surface area contributed by atoms with Crippen molar-refractivity contribution in [1.82, 2.24) is 4.90 Å². The summed E-state index contributed by atoms with van der Waals surface area (Å²) in [5.41, 5.74) is 2.15. The standard InChI is InChI=1S/C26H34N4O3/c1-18-12-14-30(15-13-18)24(32)19-8-10-20(11-9-19)27-17-23(31)28-21-6-5-7-22(16-21)29-25(33)26(2,3)4/h5-11,16,18,27H,12-15,17H2,1-4H3,(H,28,31)(H,29,33). The van der Waals surface area contributed by atoms with Crippen molar-refractivity contribution < 1.29 is 14.4 Å². The molecule has 7 nitrogen and oxygen atoms in total. The van der Waals surface area contributed by atoms with Gasteiger partial charge in [0.1, 0.15) is 0 Å². The number of piperidine rings is 1. The molecule has 0 aliphatic carbocycles. The van der Waals surface area contributed by atoms with E-state index in [0.717, 1.165) is 31.6 Å². The topological polar surface area (TPSA) is 90.5 Å². The number of carbonyl (C=O) groups excluding carboxylic acids is 3. The van der Waals surface area contributed by atoms with Gasteiger partial charge in [0.2, 0.25) is 11.8 Å². The Labute approximate surface area is 195 Å². The molecule has 3 amide bonds. The molecule has 1 saturated heterocycles. The first kappa shape index (κ1) is 24.3. The predicted octanol–water partition coefficient (Wildman–Crippen LogP) is 4.59. The molecule has 33 heavy (non-hydrogen) atoms. The molecule has 1 aliphatic rings. The largest absolute Gasteiger partial charge is 0.376 e. The monoisotopic (exact) mass is 450 g/mol. The van der Waals surface area contributed by atoms with E-state index in [4.69, 9.17) is 0 Å². The number of amides is 3. The third kappa shape index (κ3) is 7.07. The van der Waals surface area contributed by atoms with Gasteiger partial charge >= 0.3 is 0 Å². The van der Waals surface area contributed by atoms with Crippen molar-refractivity contribution in [2.45, 2.75) is 40.5 Å². The number of likely N-dealkylation sites (tertiary alicyclic amines) is 1. The maximum absolute atomic E-state index is 12.7. The smallest absolute Gasteiger partial charge is 0.253 e. The number of nitrogens with zero attached hydrogens (tertiary/aromatic N) is 1. The van der Waals surface area contributed by atoms with Gasteiger partial charge in [-0.3, -0.25) is 14.4 Å². The van der Waals surface area contributed by atoms with Crippen molar-refractivity contribution in [1.29, 1.82) is 0 Å². The van der Waals surface area contributed by atoms with E-state index in [2.05, 4.69) is 22.9 Å². The summed E-state index contributed by atoms with van der Waals surface area (Å²) >= 11 is 0. The number of hydrogen-bond donors (Lipinski definition) is 3. The Morgan fingerprint density at radius 2 is 1.52 bits per heavy atom. The zero-order valence-electron chi connectivity index (χ0n) is 19.9. The maximum atomic E-state index is 12.7. The average Bonchev–Trinajstić information content (AvgIpc) is 2.78. The van der Waals surface area contributed by atoms with Crippen LogP contribution in [0, 0.1) is 11.3 Å². The molecule has 7 heteroatoms. The minimum Gasteiger partial charge on any atom is -0.376 e. The first-order valence-corrected chi connectivity index (χ1v) is 11.5. The van der Waals surface area contributed by atoms with Crippen LogP contribution >= 0.6 is 0 Å². The molecule has 0 spiro atoms.